The van der Waals surface area contributed by atoms with Crippen LogP contribution in [-0.4, -0.2) is 36.3 Å². The predicted octanol–water partition coefficient (Wildman–Crippen LogP) is 2.93. The quantitative estimate of drug-likeness (QED) is 0.869. The van der Waals surface area contributed by atoms with E-state index >= 15 is 0 Å². The highest BCUT2D eigenvalue weighted by molar-refractivity contribution is 9.10. The van der Waals surface area contributed by atoms with E-state index in [1.54, 1.807) is 0 Å². The summed E-state index contributed by atoms with van der Waals surface area (Å²) in [4.78, 5) is 11.1. The first-order valence-corrected chi connectivity index (χ1v) is 8.64. The average molecular weight is 377 g/mol. The predicted molar refractivity (Wildman–Crippen MR) is 94.5 cm³/mol. The number of morpholine rings is 1. The maximum atomic E-state index is 5.35. The number of rotatable bonds is 5. The summed E-state index contributed by atoms with van der Waals surface area (Å²) >= 11 is 3.51. The van der Waals surface area contributed by atoms with Crippen LogP contribution >= 0.6 is 15.9 Å². The third-order valence-electron chi connectivity index (χ3n) is 3.95. The molecule has 2 aromatic rings. The fraction of sp³-hybridized carbons (Fsp3) is 0.412. The lowest BCUT2D eigenvalue weighted by atomic mass is 10.1. The normalized spacial score (nSPS) is 16.3. The molecule has 0 saturated carbocycles. The van der Waals surface area contributed by atoms with Gasteiger partial charge in [-0.3, -0.25) is 0 Å². The Kier molecular flexibility index (Phi) is 5.59. The van der Waals surface area contributed by atoms with Crippen LogP contribution in [0.1, 0.15) is 24.1 Å². The minimum absolute atomic E-state index is 0.270. The van der Waals surface area contributed by atoms with Gasteiger partial charge in [0.25, 0.3) is 0 Å². The molecule has 5 nitrogen and oxygen atoms in total. The zero-order chi connectivity index (χ0) is 16.1. The van der Waals surface area contributed by atoms with Crippen LogP contribution in [0.3, 0.4) is 0 Å². The van der Waals surface area contributed by atoms with Gasteiger partial charge >= 0.3 is 0 Å². The number of hydrogen-bond acceptors (Lipinski definition) is 5. The molecule has 0 spiro atoms. The van der Waals surface area contributed by atoms with Gasteiger partial charge in [0.15, 0.2) is 0 Å². The number of anilines is 1. The molecule has 2 heterocycles. The zero-order valence-electron chi connectivity index (χ0n) is 13.2. The van der Waals surface area contributed by atoms with E-state index in [-0.39, 0.29) is 6.04 Å². The minimum Gasteiger partial charge on any atom is -0.378 e. The Morgan fingerprint density at radius 1 is 1.26 bits per heavy atom. The van der Waals surface area contributed by atoms with Crippen molar-refractivity contribution in [3.05, 3.63) is 52.3 Å². The van der Waals surface area contributed by atoms with E-state index in [2.05, 4.69) is 61.2 Å². The molecule has 0 bridgehead atoms. The summed E-state index contributed by atoms with van der Waals surface area (Å²) in [6, 6.07) is 8.62. The van der Waals surface area contributed by atoms with Crippen molar-refractivity contribution in [1.29, 1.82) is 0 Å². The van der Waals surface area contributed by atoms with E-state index in [1.807, 2.05) is 18.5 Å². The molecule has 1 saturated heterocycles. The van der Waals surface area contributed by atoms with E-state index < -0.39 is 0 Å². The van der Waals surface area contributed by atoms with Crippen molar-refractivity contribution in [2.24, 2.45) is 0 Å². The first kappa shape index (κ1) is 16.4. The Labute approximate surface area is 145 Å². The van der Waals surface area contributed by atoms with Crippen LogP contribution in [0.2, 0.25) is 0 Å². The highest BCUT2D eigenvalue weighted by atomic mass is 79.9. The molecular weight excluding hydrogens is 356 g/mol. The maximum absolute atomic E-state index is 5.35. The van der Waals surface area contributed by atoms with E-state index in [9.17, 15) is 0 Å². The first-order valence-electron chi connectivity index (χ1n) is 7.85. The van der Waals surface area contributed by atoms with Crippen molar-refractivity contribution in [3.8, 4) is 0 Å². The van der Waals surface area contributed by atoms with Crippen LogP contribution in [0.25, 0.3) is 0 Å². The molecule has 1 atom stereocenters. The van der Waals surface area contributed by atoms with Crippen LogP contribution in [-0.2, 0) is 11.3 Å². The van der Waals surface area contributed by atoms with Crippen LogP contribution in [0.5, 0.6) is 0 Å². The molecule has 0 radical (unpaired) electrons. The summed E-state index contributed by atoms with van der Waals surface area (Å²) in [5.74, 6) is 0.789. The fourth-order valence-corrected chi connectivity index (χ4v) is 2.95. The van der Waals surface area contributed by atoms with Crippen molar-refractivity contribution in [2.75, 3.05) is 31.2 Å². The van der Waals surface area contributed by atoms with Crippen LogP contribution in [0.4, 0.5) is 5.95 Å². The van der Waals surface area contributed by atoms with Gasteiger partial charge in [-0.2, -0.15) is 0 Å². The Balaban J connectivity index is 1.56. The fourth-order valence-electron chi connectivity index (χ4n) is 2.53. The number of nitrogens with zero attached hydrogens (tertiary/aromatic N) is 3. The lowest BCUT2D eigenvalue weighted by Gasteiger charge is -2.26. The Morgan fingerprint density at radius 3 is 2.70 bits per heavy atom. The maximum Gasteiger partial charge on any atom is 0.225 e. The van der Waals surface area contributed by atoms with Crippen LogP contribution in [0, 0.1) is 0 Å². The van der Waals surface area contributed by atoms with Gasteiger partial charge in [0.05, 0.1) is 13.2 Å². The lowest BCUT2D eigenvalue weighted by molar-refractivity contribution is 0.122. The minimum atomic E-state index is 0.270. The second-order valence-corrected chi connectivity index (χ2v) is 6.56. The molecule has 1 aromatic heterocycles. The van der Waals surface area contributed by atoms with Crippen LogP contribution < -0.4 is 10.2 Å². The number of aromatic nitrogens is 2. The van der Waals surface area contributed by atoms with Gasteiger partial charge in [-0.15, -0.1) is 0 Å². The standard InChI is InChI=1S/C17H21BrN4O/c1-13(15-3-2-4-16(18)9-15)19-10-14-11-20-17(21-12-14)22-5-7-23-8-6-22/h2-4,9,11-13,19H,5-8,10H2,1H3. The number of nitrogens with one attached hydrogen (secondary N) is 1. The van der Waals surface area contributed by atoms with Gasteiger partial charge in [-0.05, 0) is 24.6 Å². The largest absolute Gasteiger partial charge is 0.378 e. The van der Waals surface area contributed by atoms with Crippen molar-refractivity contribution >= 4 is 21.9 Å². The molecule has 1 aliphatic rings. The highest BCUT2D eigenvalue weighted by Crippen LogP contribution is 2.18. The number of hydrogen-bond donors (Lipinski definition) is 1. The van der Waals surface area contributed by atoms with E-state index in [1.165, 1.54) is 5.56 Å². The van der Waals surface area contributed by atoms with Gasteiger partial charge in [0, 0.05) is 48.1 Å². The van der Waals surface area contributed by atoms with Crippen molar-refractivity contribution in [1.82, 2.24) is 15.3 Å². The molecular formula is C17H21BrN4O. The van der Waals surface area contributed by atoms with E-state index in [4.69, 9.17) is 4.74 Å². The molecule has 0 amide bonds. The molecule has 6 heteroatoms. The molecule has 0 aliphatic carbocycles. The Morgan fingerprint density at radius 2 is 2.00 bits per heavy atom. The summed E-state index contributed by atoms with van der Waals surface area (Å²) < 4.78 is 6.45. The van der Waals surface area contributed by atoms with Crippen molar-refractivity contribution < 1.29 is 4.74 Å². The third-order valence-corrected chi connectivity index (χ3v) is 4.44. The summed E-state index contributed by atoms with van der Waals surface area (Å²) in [5, 5.41) is 3.51. The second kappa shape index (κ2) is 7.86. The van der Waals surface area contributed by atoms with Gasteiger partial charge < -0.3 is 15.0 Å². The molecule has 1 unspecified atom stereocenters. The summed E-state index contributed by atoms with van der Waals surface area (Å²) in [7, 11) is 0. The topological polar surface area (TPSA) is 50.3 Å². The van der Waals surface area contributed by atoms with Gasteiger partial charge in [0.2, 0.25) is 5.95 Å². The van der Waals surface area contributed by atoms with Gasteiger partial charge in [-0.25, -0.2) is 9.97 Å². The van der Waals surface area contributed by atoms with Crippen molar-refractivity contribution in [2.45, 2.75) is 19.5 Å². The molecule has 1 aromatic carbocycles. The Hall–Kier alpha value is -1.50. The second-order valence-electron chi connectivity index (χ2n) is 5.65. The molecule has 1 N–H and O–H groups in total. The summed E-state index contributed by atoms with van der Waals surface area (Å²) in [6.45, 7) is 6.12. The smallest absolute Gasteiger partial charge is 0.225 e. The van der Waals surface area contributed by atoms with E-state index in [0.29, 0.717) is 0 Å². The number of benzene rings is 1. The summed E-state index contributed by atoms with van der Waals surface area (Å²) in [6.07, 6.45) is 3.80. The molecule has 122 valence electrons. The number of halogens is 1. The molecule has 1 aliphatic heterocycles. The van der Waals surface area contributed by atoms with Crippen LogP contribution in [0.15, 0.2) is 41.1 Å². The SMILES string of the molecule is CC(NCc1cnc(N2CCOCC2)nc1)c1cccc(Br)c1. The average Bonchev–Trinajstić information content (AvgIpc) is 2.61. The molecule has 23 heavy (non-hydrogen) atoms. The summed E-state index contributed by atoms with van der Waals surface area (Å²) in [5.41, 5.74) is 2.34. The van der Waals surface area contributed by atoms with Gasteiger partial charge in [-0.1, -0.05) is 28.1 Å². The van der Waals surface area contributed by atoms with Gasteiger partial charge in [0.1, 0.15) is 0 Å². The lowest BCUT2D eigenvalue weighted by Crippen LogP contribution is -2.37. The van der Waals surface area contributed by atoms with E-state index in [0.717, 1.165) is 48.8 Å². The zero-order valence-corrected chi connectivity index (χ0v) is 14.8. The first-order chi connectivity index (χ1) is 11.2. The number of ether oxygens (including phenoxy) is 1. The third kappa shape index (κ3) is 4.50. The Bertz CT molecular complexity index is 629. The highest BCUT2D eigenvalue weighted by Gasteiger charge is 2.13. The van der Waals surface area contributed by atoms with Crippen molar-refractivity contribution in [3.63, 3.8) is 0 Å². The molecule has 3 rings (SSSR count). The monoisotopic (exact) mass is 376 g/mol. The molecule has 1 fully saturated rings.